The van der Waals surface area contributed by atoms with Crippen LogP contribution in [-0.4, -0.2) is 6.02 Å². The van der Waals surface area contributed by atoms with Gasteiger partial charge in [0.1, 0.15) is 0 Å². The van der Waals surface area contributed by atoms with Crippen LogP contribution in [0.15, 0.2) is 24.4 Å². The van der Waals surface area contributed by atoms with E-state index in [-0.39, 0.29) is 5.88 Å². The normalized spacial score (nSPS) is 9.09. The third kappa shape index (κ3) is 1.82. The summed E-state index contributed by atoms with van der Waals surface area (Å²) in [6.07, 6.45) is 1.26. The number of ether oxygens (including phenoxy) is 1. The maximum Gasteiger partial charge on any atom is 0.387 e. The molecule has 0 atom stereocenters. The van der Waals surface area contributed by atoms with Gasteiger partial charge in [0.2, 0.25) is 0 Å². The minimum absolute atomic E-state index is 0.000000000000000222. The Balaban J connectivity index is 2.86. The lowest BCUT2D eigenvalue weighted by atomic mass is 10.5. The molecule has 0 saturated heterocycles. The van der Waals surface area contributed by atoms with Crippen LogP contribution >= 0.6 is 0 Å². The molecular weight excluding hydrogens is 146 g/mol. The van der Waals surface area contributed by atoms with Crippen LogP contribution in [0.2, 0.25) is 0 Å². The van der Waals surface area contributed by atoms with E-state index in [4.69, 9.17) is 11.1 Å². The molecule has 0 spiro atoms. The monoisotopic (exact) mass is 153 g/mol. The van der Waals surface area contributed by atoms with Crippen LogP contribution < -0.4 is 15.2 Å². The van der Waals surface area contributed by atoms with E-state index in [1.54, 1.807) is 12.1 Å². The van der Waals surface area contributed by atoms with Crippen LogP contribution in [0, 0.1) is 10.6 Å². The maximum atomic E-state index is 10.8. The summed E-state index contributed by atoms with van der Waals surface area (Å²) < 4.78 is 5.04. The van der Waals surface area contributed by atoms with Gasteiger partial charge in [-0.05, 0) is 6.07 Å². The minimum Gasteiger partial charge on any atom is -0.616 e. The molecule has 58 valence electrons. The summed E-state index contributed by atoms with van der Waals surface area (Å²) in [4.78, 5) is 0. The Bertz CT molecular complexity index is 274. The summed E-state index contributed by atoms with van der Waals surface area (Å²) in [5.74, 6) is 0.000000000000000222. The fourth-order valence-electron chi connectivity index (χ4n) is 0.604. The molecule has 0 aliphatic carbocycles. The molecule has 5 nitrogen and oxygen atoms in total. The Morgan fingerprint density at radius 1 is 1.64 bits per heavy atom. The maximum absolute atomic E-state index is 10.8. The van der Waals surface area contributed by atoms with Crippen molar-refractivity contribution in [3.63, 3.8) is 0 Å². The zero-order valence-electron chi connectivity index (χ0n) is 5.65. The van der Waals surface area contributed by atoms with Crippen LogP contribution in [0.25, 0.3) is 0 Å². The Morgan fingerprint density at radius 2 is 2.36 bits per heavy atom. The molecule has 1 heterocycles. The SMILES string of the molecule is N=C(N)Oc1cccc[n+]1[O-]. The lowest BCUT2D eigenvalue weighted by Gasteiger charge is -2.01. The predicted octanol–water partition coefficient (Wildman–Crippen LogP) is -0.408. The molecule has 0 amide bonds. The highest BCUT2D eigenvalue weighted by Crippen LogP contribution is 1.99. The molecule has 0 aliphatic heterocycles. The minimum atomic E-state index is -0.499. The molecule has 0 radical (unpaired) electrons. The van der Waals surface area contributed by atoms with Gasteiger partial charge in [0.15, 0.2) is 6.20 Å². The highest BCUT2D eigenvalue weighted by atomic mass is 16.6. The van der Waals surface area contributed by atoms with Gasteiger partial charge in [-0.15, -0.1) is 4.73 Å². The molecule has 0 saturated carbocycles. The lowest BCUT2D eigenvalue weighted by molar-refractivity contribution is -0.610. The molecular formula is C6H7N3O2. The second-order valence-corrected chi connectivity index (χ2v) is 1.83. The average molecular weight is 153 g/mol. The number of rotatable bonds is 1. The number of pyridine rings is 1. The van der Waals surface area contributed by atoms with Crippen LogP contribution in [-0.2, 0) is 0 Å². The second kappa shape index (κ2) is 2.87. The molecule has 0 bridgehead atoms. The number of amidine groups is 1. The van der Waals surface area contributed by atoms with E-state index in [0.29, 0.717) is 4.73 Å². The van der Waals surface area contributed by atoms with Crippen molar-refractivity contribution in [2.75, 3.05) is 0 Å². The quantitative estimate of drug-likeness (QED) is 0.249. The van der Waals surface area contributed by atoms with Crippen molar-refractivity contribution < 1.29 is 9.47 Å². The zero-order valence-corrected chi connectivity index (χ0v) is 5.65. The Labute approximate surface area is 63.1 Å². The van der Waals surface area contributed by atoms with Crippen molar-refractivity contribution in [2.45, 2.75) is 0 Å². The van der Waals surface area contributed by atoms with E-state index < -0.39 is 6.02 Å². The highest BCUT2D eigenvalue weighted by molar-refractivity contribution is 5.69. The number of nitrogens with zero attached hydrogens (tertiary/aromatic N) is 1. The average Bonchev–Trinajstić information content (AvgIpc) is 1.93. The van der Waals surface area contributed by atoms with E-state index in [9.17, 15) is 5.21 Å². The number of aromatic nitrogens is 1. The zero-order chi connectivity index (χ0) is 8.27. The van der Waals surface area contributed by atoms with Crippen molar-refractivity contribution in [1.82, 2.24) is 0 Å². The molecule has 1 aromatic heterocycles. The molecule has 0 unspecified atom stereocenters. The topological polar surface area (TPSA) is 86.0 Å². The summed E-state index contributed by atoms with van der Waals surface area (Å²) in [5.41, 5.74) is 4.90. The van der Waals surface area contributed by atoms with Gasteiger partial charge in [0.05, 0.1) is 6.07 Å². The lowest BCUT2D eigenvalue weighted by Crippen LogP contribution is -2.31. The van der Waals surface area contributed by atoms with Gasteiger partial charge < -0.3 is 15.7 Å². The number of nitrogens with one attached hydrogen (secondary N) is 1. The highest BCUT2D eigenvalue weighted by Gasteiger charge is 2.04. The molecule has 0 aromatic carbocycles. The molecule has 1 rings (SSSR count). The van der Waals surface area contributed by atoms with Gasteiger partial charge in [0, 0.05) is 6.07 Å². The first-order chi connectivity index (χ1) is 5.20. The van der Waals surface area contributed by atoms with Crippen molar-refractivity contribution in [3.05, 3.63) is 29.6 Å². The summed E-state index contributed by atoms with van der Waals surface area (Å²) in [6.45, 7) is 0. The summed E-state index contributed by atoms with van der Waals surface area (Å²) in [7, 11) is 0. The Kier molecular flexibility index (Phi) is 1.91. The van der Waals surface area contributed by atoms with Crippen LogP contribution in [0.5, 0.6) is 5.88 Å². The summed E-state index contributed by atoms with van der Waals surface area (Å²) in [6, 6.07) is 4.10. The second-order valence-electron chi connectivity index (χ2n) is 1.83. The molecule has 0 fully saturated rings. The summed E-state index contributed by atoms with van der Waals surface area (Å²) in [5, 5.41) is 17.5. The summed E-state index contributed by atoms with van der Waals surface area (Å²) >= 11 is 0. The van der Waals surface area contributed by atoms with E-state index >= 15 is 0 Å². The fourth-order valence-corrected chi connectivity index (χ4v) is 0.604. The van der Waals surface area contributed by atoms with Gasteiger partial charge in [-0.3, -0.25) is 5.41 Å². The van der Waals surface area contributed by atoms with Crippen LogP contribution in [0.1, 0.15) is 0 Å². The number of hydrogen-bond donors (Lipinski definition) is 2. The van der Waals surface area contributed by atoms with Crippen molar-refractivity contribution in [3.8, 4) is 5.88 Å². The largest absolute Gasteiger partial charge is 0.616 e. The van der Waals surface area contributed by atoms with Crippen molar-refractivity contribution in [1.29, 1.82) is 5.41 Å². The van der Waals surface area contributed by atoms with Crippen molar-refractivity contribution >= 4 is 6.02 Å². The smallest absolute Gasteiger partial charge is 0.387 e. The first kappa shape index (κ1) is 7.33. The molecule has 5 heteroatoms. The standard InChI is InChI=1S/C6H7N3O2/c7-6(8)11-5-3-1-2-4-9(5)10/h1-4H,(H3,7,8). The Morgan fingerprint density at radius 3 is 2.91 bits per heavy atom. The number of hydrogen-bond acceptors (Lipinski definition) is 3. The first-order valence-electron chi connectivity index (χ1n) is 2.90. The van der Waals surface area contributed by atoms with Crippen LogP contribution in [0.4, 0.5) is 0 Å². The fraction of sp³-hybridized carbons (Fsp3) is 0. The van der Waals surface area contributed by atoms with Gasteiger partial charge in [-0.2, -0.15) is 0 Å². The van der Waals surface area contributed by atoms with E-state index in [0.717, 1.165) is 0 Å². The number of nitrogens with two attached hydrogens (primary N) is 1. The van der Waals surface area contributed by atoms with Gasteiger partial charge in [0.25, 0.3) is 6.02 Å². The molecule has 1 aromatic rings. The van der Waals surface area contributed by atoms with Crippen LogP contribution in [0.3, 0.4) is 0 Å². The van der Waals surface area contributed by atoms with Gasteiger partial charge in [-0.1, -0.05) is 0 Å². The van der Waals surface area contributed by atoms with Gasteiger partial charge in [-0.25, -0.2) is 0 Å². The molecule has 11 heavy (non-hydrogen) atoms. The van der Waals surface area contributed by atoms with E-state index in [1.165, 1.54) is 12.3 Å². The predicted molar refractivity (Wildman–Crippen MR) is 37.9 cm³/mol. The van der Waals surface area contributed by atoms with Crippen molar-refractivity contribution in [2.24, 2.45) is 5.73 Å². The molecule has 0 aliphatic rings. The third-order valence-electron chi connectivity index (χ3n) is 1.00. The van der Waals surface area contributed by atoms with E-state index in [1.807, 2.05) is 0 Å². The third-order valence-corrected chi connectivity index (χ3v) is 1.00. The van der Waals surface area contributed by atoms with E-state index in [2.05, 4.69) is 4.74 Å². The van der Waals surface area contributed by atoms with Gasteiger partial charge >= 0.3 is 5.88 Å². The Hall–Kier alpha value is -1.78. The first-order valence-corrected chi connectivity index (χ1v) is 2.90. The molecule has 3 N–H and O–H groups in total.